The van der Waals surface area contributed by atoms with Crippen molar-refractivity contribution in [3.05, 3.63) is 66.0 Å². The number of benzene rings is 2. The van der Waals surface area contributed by atoms with Crippen molar-refractivity contribution in [2.45, 2.75) is 37.6 Å². The number of nitrogens with zero attached hydrogens (tertiary/aromatic N) is 5. The van der Waals surface area contributed by atoms with Crippen LogP contribution in [0.5, 0.6) is 0 Å². The largest absolute Gasteiger partial charge is 0.337 e. The Morgan fingerprint density at radius 3 is 2.67 bits per heavy atom. The van der Waals surface area contributed by atoms with Gasteiger partial charge in [-0.05, 0) is 56.0 Å². The van der Waals surface area contributed by atoms with Crippen molar-refractivity contribution >= 4 is 16.9 Å². The maximum atomic E-state index is 13.1. The monoisotopic (exact) mass is 440 g/mol. The summed E-state index contributed by atoms with van der Waals surface area (Å²) in [6, 6.07) is 16.2. The number of hydrogen-bond acceptors (Lipinski definition) is 4. The van der Waals surface area contributed by atoms with E-state index in [-0.39, 0.29) is 11.9 Å². The van der Waals surface area contributed by atoms with Crippen LogP contribution in [0, 0.1) is 0 Å². The number of fused-ring (bicyclic) bond motifs is 1. The number of aryl methyl sites for hydroxylation is 1. The van der Waals surface area contributed by atoms with Crippen molar-refractivity contribution in [1.82, 2.24) is 24.2 Å². The predicted octanol–water partition coefficient (Wildman–Crippen LogP) is 3.87. The van der Waals surface area contributed by atoms with Crippen molar-refractivity contribution in [2.24, 2.45) is 12.8 Å². The molecule has 2 aromatic heterocycles. The van der Waals surface area contributed by atoms with E-state index in [2.05, 4.69) is 21.4 Å². The summed E-state index contributed by atoms with van der Waals surface area (Å²) < 4.78 is 4.17. The first-order valence-corrected chi connectivity index (χ1v) is 11.7. The summed E-state index contributed by atoms with van der Waals surface area (Å²) in [6.07, 6.45) is 6.21. The molecule has 2 N–H and O–H groups in total. The molecule has 0 bridgehead atoms. The zero-order chi connectivity index (χ0) is 22.5. The standard InChI is InChI=1S/C26H28N6O/c1-30-23-12-11-18(26(33)31-13-5-6-19(27)16-31)14-22(23)29-25(30)21-15-28-32(24(21)17-9-10-17)20-7-3-2-4-8-20/h2-4,7-8,11-12,14-15,17,19H,5-6,9-10,13,16,27H2,1H3/t19-/m1/s1. The molecule has 1 amide bonds. The van der Waals surface area contributed by atoms with Crippen molar-refractivity contribution < 1.29 is 4.79 Å². The van der Waals surface area contributed by atoms with Gasteiger partial charge in [0, 0.05) is 37.7 Å². The number of piperidine rings is 1. The molecule has 0 radical (unpaired) electrons. The molecule has 1 atom stereocenters. The molecule has 1 saturated carbocycles. The molecule has 1 aliphatic carbocycles. The number of likely N-dealkylation sites (tertiary alicyclic amines) is 1. The Morgan fingerprint density at radius 2 is 1.91 bits per heavy atom. The third kappa shape index (κ3) is 3.53. The van der Waals surface area contributed by atoms with Gasteiger partial charge in [0.05, 0.1) is 34.2 Å². The van der Waals surface area contributed by atoms with Gasteiger partial charge in [-0.15, -0.1) is 0 Å². The van der Waals surface area contributed by atoms with E-state index in [0.29, 0.717) is 18.0 Å². The lowest BCUT2D eigenvalue weighted by molar-refractivity contribution is 0.0709. The van der Waals surface area contributed by atoms with Crippen LogP contribution in [-0.2, 0) is 7.05 Å². The first-order valence-electron chi connectivity index (χ1n) is 11.7. The van der Waals surface area contributed by atoms with Crippen LogP contribution in [0.3, 0.4) is 0 Å². The van der Waals surface area contributed by atoms with E-state index in [1.54, 1.807) is 0 Å². The molecular formula is C26H28N6O. The van der Waals surface area contributed by atoms with E-state index in [9.17, 15) is 4.79 Å². The van der Waals surface area contributed by atoms with Crippen molar-refractivity contribution in [3.8, 4) is 17.1 Å². The number of nitrogens with two attached hydrogens (primary N) is 1. The summed E-state index contributed by atoms with van der Waals surface area (Å²) >= 11 is 0. The number of amides is 1. The van der Waals surface area contributed by atoms with E-state index in [0.717, 1.165) is 47.5 Å². The van der Waals surface area contributed by atoms with E-state index >= 15 is 0 Å². The minimum absolute atomic E-state index is 0.0369. The third-order valence-corrected chi connectivity index (χ3v) is 6.88. The summed E-state index contributed by atoms with van der Waals surface area (Å²) in [6.45, 7) is 1.38. The Kier molecular flexibility index (Phi) is 4.80. The molecule has 2 fully saturated rings. The van der Waals surface area contributed by atoms with Crippen molar-refractivity contribution in [2.75, 3.05) is 13.1 Å². The van der Waals surface area contributed by atoms with Crippen molar-refractivity contribution in [1.29, 1.82) is 0 Å². The molecule has 4 aromatic rings. The fourth-order valence-corrected chi connectivity index (χ4v) is 5.01. The molecule has 168 valence electrons. The lowest BCUT2D eigenvalue weighted by Gasteiger charge is -2.30. The Balaban J connectivity index is 1.40. The van der Waals surface area contributed by atoms with Crippen LogP contribution >= 0.6 is 0 Å². The van der Waals surface area contributed by atoms with Gasteiger partial charge in [-0.25, -0.2) is 9.67 Å². The summed E-state index contributed by atoms with van der Waals surface area (Å²) in [5, 5.41) is 4.74. The van der Waals surface area contributed by atoms with Gasteiger partial charge < -0.3 is 15.2 Å². The lowest BCUT2D eigenvalue weighted by atomic mass is 10.1. The topological polar surface area (TPSA) is 82.0 Å². The second-order valence-corrected chi connectivity index (χ2v) is 9.32. The van der Waals surface area contributed by atoms with Crippen LogP contribution in [0.1, 0.15) is 47.7 Å². The number of imidazole rings is 1. The fourth-order valence-electron chi connectivity index (χ4n) is 5.01. The van der Waals surface area contributed by atoms with Crippen LogP contribution in [-0.4, -0.2) is 49.3 Å². The highest BCUT2D eigenvalue weighted by atomic mass is 16.2. The van der Waals surface area contributed by atoms with Gasteiger partial charge in [0.15, 0.2) is 0 Å². The van der Waals surface area contributed by atoms with Crippen molar-refractivity contribution in [3.63, 3.8) is 0 Å². The number of carbonyl (C=O) groups excluding carboxylic acids is 1. The second kappa shape index (κ2) is 7.85. The molecule has 0 unspecified atom stereocenters. The Labute approximate surface area is 192 Å². The average molecular weight is 441 g/mol. The maximum Gasteiger partial charge on any atom is 0.253 e. The summed E-state index contributed by atoms with van der Waals surface area (Å²) in [5.41, 5.74) is 11.9. The quantitative estimate of drug-likeness (QED) is 0.522. The number of aromatic nitrogens is 4. The normalized spacial score (nSPS) is 18.7. The first kappa shape index (κ1) is 20.2. The second-order valence-electron chi connectivity index (χ2n) is 9.32. The molecule has 3 heterocycles. The molecule has 7 nitrogen and oxygen atoms in total. The van der Waals surface area contributed by atoms with Gasteiger partial charge in [0.2, 0.25) is 0 Å². The highest BCUT2D eigenvalue weighted by Gasteiger charge is 2.32. The van der Waals surface area contributed by atoms with Gasteiger partial charge in [-0.1, -0.05) is 18.2 Å². The van der Waals surface area contributed by atoms with Crippen LogP contribution in [0.25, 0.3) is 28.1 Å². The maximum absolute atomic E-state index is 13.1. The van der Waals surface area contributed by atoms with Crippen LogP contribution in [0.2, 0.25) is 0 Å². The smallest absolute Gasteiger partial charge is 0.253 e. The van der Waals surface area contributed by atoms with Gasteiger partial charge >= 0.3 is 0 Å². The van der Waals surface area contributed by atoms with E-state index < -0.39 is 0 Å². The third-order valence-electron chi connectivity index (χ3n) is 6.88. The Bertz CT molecular complexity index is 1330. The highest BCUT2D eigenvalue weighted by molar-refractivity contribution is 5.98. The highest BCUT2D eigenvalue weighted by Crippen LogP contribution is 2.45. The van der Waals surface area contributed by atoms with E-state index in [1.807, 2.05) is 54.5 Å². The number of carbonyl (C=O) groups is 1. The zero-order valence-corrected chi connectivity index (χ0v) is 18.8. The molecule has 33 heavy (non-hydrogen) atoms. The summed E-state index contributed by atoms with van der Waals surface area (Å²) in [7, 11) is 2.03. The Morgan fingerprint density at radius 1 is 1.09 bits per heavy atom. The van der Waals surface area contributed by atoms with Gasteiger partial charge in [0.1, 0.15) is 5.82 Å². The van der Waals surface area contributed by atoms with Crippen LogP contribution in [0.15, 0.2) is 54.7 Å². The molecule has 2 aliphatic rings. The Hall–Kier alpha value is -3.45. The molecule has 2 aromatic carbocycles. The minimum atomic E-state index is 0.0369. The van der Waals surface area contributed by atoms with Gasteiger partial charge in [0.25, 0.3) is 5.91 Å². The van der Waals surface area contributed by atoms with E-state index in [1.165, 1.54) is 18.5 Å². The van der Waals surface area contributed by atoms with Crippen LogP contribution in [0.4, 0.5) is 0 Å². The summed E-state index contributed by atoms with van der Waals surface area (Å²) in [5.74, 6) is 1.43. The molecule has 1 saturated heterocycles. The van der Waals surface area contributed by atoms with E-state index in [4.69, 9.17) is 15.8 Å². The number of hydrogen-bond donors (Lipinski definition) is 1. The summed E-state index contributed by atoms with van der Waals surface area (Å²) in [4.78, 5) is 19.9. The van der Waals surface area contributed by atoms with Gasteiger partial charge in [-0.3, -0.25) is 4.79 Å². The van der Waals surface area contributed by atoms with Crippen LogP contribution < -0.4 is 5.73 Å². The molecule has 6 rings (SSSR count). The number of para-hydroxylation sites is 1. The molecule has 0 spiro atoms. The SMILES string of the molecule is Cn1c(-c2cnn(-c3ccccc3)c2C2CC2)nc2cc(C(=O)N3CCC[C@@H](N)C3)ccc21. The molecule has 7 heteroatoms. The first-order chi connectivity index (χ1) is 16.1. The predicted molar refractivity (Wildman–Crippen MR) is 128 cm³/mol. The van der Waals surface area contributed by atoms with Gasteiger partial charge in [-0.2, -0.15) is 5.10 Å². The molecule has 1 aliphatic heterocycles. The average Bonchev–Trinajstić information content (AvgIpc) is 3.51. The minimum Gasteiger partial charge on any atom is -0.337 e. The number of rotatable bonds is 4. The fraction of sp³-hybridized carbons (Fsp3) is 0.346. The zero-order valence-electron chi connectivity index (χ0n) is 18.8. The lowest BCUT2D eigenvalue weighted by Crippen LogP contribution is -2.45. The molecular weight excluding hydrogens is 412 g/mol.